The van der Waals surface area contributed by atoms with Gasteiger partial charge in [0.05, 0.1) is 6.61 Å². The highest BCUT2D eigenvalue weighted by Gasteiger charge is 2.22. The minimum Gasteiger partial charge on any atom is -0.494 e. The predicted octanol–water partition coefficient (Wildman–Crippen LogP) is 3.59. The standard InChI is InChI=1S/C21H25FN2O3/c1-3-26-19-11-16-10-14(2)27-20(16)12-17(19)13-24-21(25)23-9-8-15-4-6-18(22)7-5-15/h4-7,11-12,14H,3,8-10,13H2,1-2H3,(H2,23,24,25)/t14-/m0/s1. The summed E-state index contributed by atoms with van der Waals surface area (Å²) in [6, 6.07) is 9.97. The summed E-state index contributed by atoms with van der Waals surface area (Å²) in [6.45, 7) is 5.36. The Labute approximate surface area is 158 Å². The molecule has 2 aromatic rings. The highest BCUT2D eigenvalue weighted by atomic mass is 19.1. The summed E-state index contributed by atoms with van der Waals surface area (Å²) in [5, 5.41) is 5.66. The number of hydrogen-bond donors (Lipinski definition) is 2. The number of hydrogen-bond acceptors (Lipinski definition) is 3. The van der Waals surface area contributed by atoms with Crippen molar-refractivity contribution in [3.8, 4) is 11.5 Å². The Hall–Kier alpha value is -2.76. The highest BCUT2D eigenvalue weighted by molar-refractivity contribution is 5.74. The largest absolute Gasteiger partial charge is 0.494 e. The van der Waals surface area contributed by atoms with Crippen molar-refractivity contribution in [1.29, 1.82) is 0 Å². The van der Waals surface area contributed by atoms with E-state index >= 15 is 0 Å². The van der Waals surface area contributed by atoms with Gasteiger partial charge < -0.3 is 20.1 Å². The van der Waals surface area contributed by atoms with Gasteiger partial charge in [-0.25, -0.2) is 9.18 Å². The topological polar surface area (TPSA) is 59.6 Å². The zero-order valence-corrected chi connectivity index (χ0v) is 15.7. The van der Waals surface area contributed by atoms with Gasteiger partial charge in [-0.1, -0.05) is 12.1 Å². The molecule has 2 aromatic carbocycles. The molecule has 1 atom stereocenters. The number of ether oxygens (including phenoxy) is 2. The van der Waals surface area contributed by atoms with E-state index in [4.69, 9.17) is 9.47 Å². The lowest BCUT2D eigenvalue weighted by molar-refractivity contribution is 0.240. The van der Waals surface area contributed by atoms with Crippen molar-refractivity contribution in [3.05, 3.63) is 58.9 Å². The molecule has 1 aliphatic heterocycles. The molecule has 5 nitrogen and oxygen atoms in total. The number of carbonyl (C=O) groups is 1. The Morgan fingerprint density at radius 2 is 2.04 bits per heavy atom. The maximum atomic E-state index is 12.9. The molecular formula is C21H25FN2O3. The molecule has 0 fully saturated rings. The number of halogens is 1. The molecule has 1 heterocycles. The summed E-state index contributed by atoms with van der Waals surface area (Å²) in [5.41, 5.74) is 3.00. The summed E-state index contributed by atoms with van der Waals surface area (Å²) >= 11 is 0. The summed E-state index contributed by atoms with van der Waals surface area (Å²) in [6.07, 6.45) is 1.67. The summed E-state index contributed by atoms with van der Waals surface area (Å²) < 4.78 is 24.4. The van der Waals surface area contributed by atoms with Crippen LogP contribution in [-0.4, -0.2) is 25.3 Å². The molecule has 0 bridgehead atoms. The van der Waals surface area contributed by atoms with E-state index < -0.39 is 0 Å². The molecule has 144 valence electrons. The molecule has 1 aliphatic rings. The fourth-order valence-electron chi connectivity index (χ4n) is 3.12. The molecule has 0 spiro atoms. The van der Waals surface area contributed by atoms with Crippen molar-refractivity contribution in [2.24, 2.45) is 0 Å². The quantitative estimate of drug-likeness (QED) is 0.781. The Morgan fingerprint density at radius 1 is 1.26 bits per heavy atom. The van der Waals surface area contributed by atoms with Gasteiger partial charge >= 0.3 is 6.03 Å². The minimum absolute atomic E-state index is 0.160. The van der Waals surface area contributed by atoms with Crippen molar-refractivity contribution in [1.82, 2.24) is 10.6 Å². The number of fused-ring (bicyclic) bond motifs is 1. The second kappa shape index (κ2) is 8.75. The molecule has 6 heteroatoms. The zero-order valence-electron chi connectivity index (χ0n) is 15.7. The van der Waals surface area contributed by atoms with Crippen LogP contribution in [0, 0.1) is 5.82 Å². The van der Waals surface area contributed by atoms with Gasteiger partial charge in [0.15, 0.2) is 0 Å². The molecule has 0 aromatic heterocycles. The fraction of sp³-hybridized carbons (Fsp3) is 0.381. The number of benzene rings is 2. The van der Waals surface area contributed by atoms with Crippen molar-refractivity contribution < 1.29 is 18.7 Å². The molecule has 2 N–H and O–H groups in total. The van der Waals surface area contributed by atoms with Gasteiger partial charge in [-0.15, -0.1) is 0 Å². The molecular weight excluding hydrogens is 347 g/mol. The van der Waals surface area contributed by atoms with Crippen LogP contribution < -0.4 is 20.1 Å². The third-order valence-electron chi connectivity index (χ3n) is 4.43. The summed E-state index contributed by atoms with van der Waals surface area (Å²) in [4.78, 5) is 12.1. The van der Waals surface area contributed by atoms with Gasteiger partial charge in [0.1, 0.15) is 23.4 Å². The number of nitrogens with one attached hydrogen (secondary N) is 2. The first kappa shape index (κ1) is 19.0. The van der Waals surface area contributed by atoms with Crippen molar-refractivity contribution in [2.75, 3.05) is 13.2 Å². The molecule has 27 heavy (non-hydrogen) atoms. The van der Waals surface area contributed by atoms with Gasteiger partial charge in [0.2, 0.25) is 0 Å². The molecule has 3 rings (SSSR count). The number of urea groups is 1. The average molecular weight is 372 g/mol. The molecule has 0 radical (unpaired) electrons. The number of amides is 2. The van der Waals surface area contributed by atoms with E-state index in [9.17, 15) is 9.18 Å². The van der Waals surface area contributed by atoms with Gasteiger partial charge in [-0.05, 0) is 50.1 Å². The smallest absolute Gasteiger partial charge is 0.315 e. The van der Waals surface area contributed by atoms with Crippen molar-refractivity contribution >= 4 is 6.03 Å². The van der Waals surface area contributed by atoms with Crippen LogP contribution in [0.1, 0.15) is 30.5 Å². The molecule has 0 unspecified atom stereocenters. The van der Waals surface area contributed by atoms with Gasteiger partial charge in [-0.2, -0.15) is 0 Å². The van der Waals surface area contributed by atoms with E-state index in [0.717, 1.165) is 34.6 Å². The van der Waals surface area contributed by atoms with E-state index in [2.05, 4.69) is 10.6 Å². The molecule has 0 saturated heterocycles. The Kier molecular flexibility index (Phi) is 6.16. The van der Waals surface area contributed by atoms with Gasteiger partial charge in [-0.3, -0.25) is 0 Å². The highest BCUT2D eigenvalue weighted by Crippen LogP contribution is 2.35. The first-order valence-electron chi connectivity index (χ1n) is 9.26. The lowest BCUT2D eigenvalue weighted by Crippen LogP contribution is -2.36. The number of carbonyl (C=O) groups excluding carboxylic acids is 1. The Morgan fingerprint density at radius 3 is 2.78 bits per heavy atom. The lowest BCUT2D eigenvalue weighted by atomic mass is 10.1. The normalized spacial score (nSPS) is 15.0. The van der Waals surface area contributed by atoms with Gasteiger partial charge in [0, 0.05) is 30.6 Å². The first-order chi connectivity index (χ1) is 13.0. The van der Waals surface area contributed by atoms with Gasteiger partial charge in [0.25, 0.3) is 0 Å². The van der Waals surface area contributed by atoms with Crippen LogP contribution in [0.25, 0.3) is 0 Å². The maximum Gasteiger partial charge on any atom is 0.315 e. The van der Waals surface area contributed by atoms with E-state index in [0.29, 0.717) is 26.1 Å². The van der Waals surface area contributed by atoms with Crippen LogP contribution in [0.5, 0.6) is 11.5 Å². The van der Waals surface area contributed by atoms with Crippen molar-refractivity contribution in [3.63, 3.8) is 0 Å². The lowest BCUT2D eigenvalue weighted by Gasteiger charge is -2.14. The predicted molar refractivity (Wildman–Crippen MR) is 102 cm³/mol. The second-order valence-corrected chi connectivity index (χ2v) is 6.62. The number of rotatable bonds is 7. The van der Waals surface area contributed by atoms with Crippen LogP contribution in [0.4, 0.5) is 9.18 Å². The third-order valence-corrected chi connectivity index (χ3v) is 4.43. The average Bonchev–Trinajstić information content (AvgIpc) is 3.00. The van der Waals surface area contributed by atoms with E-state index in [1.54, 1.807) is 12.1 Å². The third kappa shape index (κ3) is 5.12. The first-order valence-corrected chi connectivity index (χ1v) is 9.26. The van der Waals surface area contributed by atoms with Crippen LogP contribution >= 0.6 is 0 Å². The van der Waals surface area contributed by atoms with E-state index in [1.807, 2.05) is 26.0 Å². The molecule has 0 aliphatic carbocycles. The van der Waals surface area contributed by atoms with Crippen molar-refractivity contribution in [2.45, 2.75) is 39.3 Å². The maximum absolute atomic E-state index is 12.9. The van der Waals surface area contributed by atoms with Crippen LogP contribution in [-0.2, 0) is 19.4 Å². The van der Waals surface area contributed by atoms with E-state index in [-0.39, 0.29) is 18.0 Å². The SMILES string of the molecule is CCOc1cc2c(cc1CNC(=O)NCCc1ccc(F)cc1)O[C@@H](C)C2. The van der Waals surface area contributed by atoms with Crippen LogP contribution in [0.15, 0.2) is 36.4 Å². The zero-order chi connectivity index (χ0) is 19.2. The summed E-state index contributed by atoms with van der Waals surface area (Å²) in [7, 11) is 0. The molecule has 0 saturated carbocycles. The monoisotopic (exact) mass is 372 g/mol. The second-order valence-electron chi connectivity index (χ2n) is 6.62. The van der Waals surface area contributed by atoms with Crippen LogP contribution in [0.2, 0.25) is 0 Å². The van der Waals surface area contributed by atoms with E-state index in [1.165, 1.54) is 12.1 Å². The molecule has 2 amide bonds. The summed E-state index contributed by atoms with van der Waals surface area (Å²) in [5.74, 6) is 1.38. The minimum atomic E-state index is -0.262. The Bertz CT molecular complexity index is 793. The fourth-order valence-corrected chi connectivity index (χ4v) is 3.12. The van der Waals surface area contributed by atoms with Crippen LogP contribution in [0.3, 0.4) is 0 Å². The Balaban J connectivity index is 1.52.